The molecule has 0 aliphatic heterocycles. The number of hydrogen-bond donors (Lipinski definition) is 1. The van der Waals surface area contributed by atoms with Crippen molar-refractivity contribution in [3.05, 3.63) is 88.4 Å². The Morgan fingerprint density at radius 1 is 0.900 bits per heavy atom. The molecule has 0 bridgehead atoms. The van der Waals surface area contributed by atoms with E-state index < -0.39 is 22.5 Å². The molecule has 0 saturated heterocycles. The molecule has 8 heteroatoms. The second-order valence-electron chi connectivity index (χ2n) is 6.49. The first-order valence-electron chi connectivity index (χ1n) is 9.23. The van der Waals surface area contributed by atoms with Gasteiger partial charge in [0.25, 0.3) is 10.0 Å². The molecule has 0 aliphatic carbocycles. The highest BCUT2D eigenvalue weighted by molar-refractivity contribution is 7.92. The predicted octanol–water partition coefficient (Wildman–Crippen LogP) is 5.39. The number of halogens is 2. The van der Waals surface area contributed by atoms with Crippen LogP contribution >= 0.6 is 23.2 Å². The number of carbonyl (C=O) groups is 1. The van der Waals surface area contributed by atoms with E-state index in [0.717, 1.165) is 16.3 Å². The summed E-state index contributed by atoms with van der Waals surface area (Å²) in [5.41, 5.74) is 1.68. The third-order valence-corrected chi connectivity index (χ3v) is 6.90. The van der Waals surface area contributed by atoms with E-state index in [-0.39, 0.29) is 20.6 Å². The third kappa shape index (κ3) is 4.95. The van der Waals surface area contributed by atoms with Gasteiger partial charge in [-0.25, -0.2) is 8.42 Å². The minimum absolute atomic E-state index is 0.0909. The number of amides is 1. The summed E-state index contributed by atoms with van der Waals surface area (Å²) in [5.74, 6) is -0.566. The summed E-state index contributed by atoms with van der Waals surface area (Å²) in [4.78, 5) is 12.9. The number of para-hydroxylation sites is 1. The first-order valence-corrected chi connectivity index (χ1v) is 11.4. The van der Waals surface area contributed by atoms with E-state index in [1.807, 2.05) is 19.1 Å². The van der Waals surface area contributed by atoms with Gasteiger partial charge in [0.15, 0.2) is 0 Å². The van der Waals surface area contributed by atoms with Gasteiger partial charge in [0, 0.05) is 0 Å². The van der Waals surface area contributed by atoms with Crippen LogP contribution in [0.3, 0.4) is 0 Å². The lowest BCUT2D eigenvalue weighted by Crippen LogP contribution is -2.38. The van der Waals surface area contributed by atoms with Gasteiger partial charge in [-0.3, -0.25) is 9.10 Å². The van der Waals surface area contributed by atoms with Crippen LogP contribution in [-0.4, -0.2) is 20.9 Å². The van der Waals surface area contributed by atoms with Crippen molar-refractivity contribution in [1.29, 1.82) is 0 Å². The number of sulfonamides is 1. The number of nitrogens with one attached hydrogen (secondary N) is 1. The fraction of sp³-hybridized carbons (Fsp3) is 0.136. The highest BCUT2D eigenvalue weighted by Crippen LogP contribution is 2.30. The maximum atomic E-state index is 13.3. The fourth-order valence-electron chi connectivity index (χ4n) is 2.86. The Hall–Kier alpha value is -2.54. The molecule has 0 aromatic heterocycles. The van der Waals surface area contributed by atoms with Crippen LogP contribution < -0.4 is 9.62 Å². The molecular formula is C22H20Cl2N2O3S. The monoisotopic (exact) mass is 462 g/mol. The van der Waals surface area contributed by atoms with Gasteiger partial charge in [0.1, 0.15) is 6.54 Å². The van der Waals surface area contributed by atoms with Crippen LogP contribution in [0.4, 0.5) is 11.4 Å². The van der Waals surface area contributed by atoms with Gasteiger partial charge in [-0.05, 0) is 48.4 Å². The van der Waals surface area contributed by atoms with E-state index in [0.29, 0.717) is 5.69 Å². The molecule has 1 amide bonds. The summed E-state index contributed by atoms with van der Waals surface area (Å²) in [5, 5.41) is 3.14. The van der Waals surface area contributed by atoms with Crippen molar-refractivity contribution >= 4 is 50.5 Å². The van der Waals surface area contributed by atoms with E-state index >= 15 is 0 Å². The van der Waals surface area contributed by atoms with Gasteiger partial charge in [-0.15, -0.1) is 0 Å². The van der Waals surface area contributed by atoms with E-state index in [1.54, 1.807) is 48.5 Å². The molecule has 3 aromatic carbocycles. The van der Waals surface area contributed by atoms with Crippen molar-refractivity contribution in [2.75, 3.05) is 16.2 Å². The third-order valence-electron chi connectivity index (χ3n) is 4.48. The van der Waals surface area contributed by atoms with Crippen molar-refractivity contribution < 1.29 is 13.2 Å². The molecule has 1 N–H and O–H groups in total. The maximum absolute atomic E-state index is 13.3. The minimum Gasteiger partial charge on any atom is -0.322 e. The lowest BCUT2D eigenvalue weighted by molar-refractivity contribution is -0.114. The molecule has 30 heavy (non-hydrogen) atoms. The van der Waals surface area contributed by atoms with Crippen LogP contribution in [0.1, 0.15) is 12.5 Å². The lowest BCUT2D eigenvalue weighted by Gasteiger charge is -2.24. The van der Waals surface area contributed by atoms with E-state index in [9.17, 15) is 13.2 Å². The van der Waals surface area contributed by atoms with Crippen LogP contribution in [-0.2, 0) is 21.2 Å². The van der Waals surface area contributed by atoms with Crippen molar-refractivity contribution in [2.45, 2.75) is 18.2 Å². The van der Waals surface area contributed by atoms with Crippen LogP contribution in [0.15, 0.2) is 77.7 Å². The Labute approximate surface area is 186 Å². The van der Waals surface area contributed by atoms with Gasteiger partial charge >= 0.3 is 0 Å². The Morgan fingerprint density at radius 3 is 2.07 bits per heavy atom. The number of anilines is 2. The molecule has 156 valence electrons. The van der Waals surface area contributed by atoms with Gasteiger partial charge in [-0.2, -0.15) is 0 Å². The SMILES string of the molecule is CCc1ccc(N(CC(=O)Nc2c(Cl)cccc2Cl)S(=O)(=O)c2ccccc2)cc1. The summed E-state index contributed by atoms with van der Waals surface area (Å²) < 4.78 is 27.7. The number of carbonyl (C=O) groups excluding carboxylic acids is 1. The molecule has 5 nitrogen and oxygen atoms in total. The Kier molecular flexibility index (Phi) is 7.02. The van der Waals surface area contributed by atoms with Crippen molar-refractivity contribution in [3.63, 3.8) is 0 Å². The maximum Gasteiger partial charge on any atom is 0.264 e. The first kappa shape index (κ1) is 22.2. The Balaban J connectivity index is 1.96. The van der Waals surface area contributed by atoms with Crippen molar-refractivity contribution in [2.24, 2.45) is 0 Å². The number of rotatable bonds is 7. The molecule has 0 saturated carbocycles. The van der Waals surface area contributed by atoms with Gasteiger partial charge < -0.3 is 5.32 Å². The molecule has 0 heterocycles. The van der Waals surface area contributed by atoms with Crippen LogP contribution in [0.2, 0.25) is 10.0 Å². The summed E-state index contributed by atoms with van der Waals surface area (Å²) in [6, 6.07) is 19.9. The second kappa shape index (κ2) is 9.51. The molecule has 0 unspecified atom stereocenters. The van der Waals surface area contributed by atoms with Gasteiger partial charge in [0.05, 0.1) is 26.3 Å². The second-order valence-corrected chi connectivity index (χ2v) is 9.17. The summed E-state index contributed by atoms with van der Waals surface area (Å²) in [6.07, 6.45) is 0.817. The lowest BCUT2D eigenvalue weighted by atomic mass is 10.1. The molecule has 0 spiro atoms. The number of benzene rings is 3. The van der Waals surface area contributed by atoms with Crippen molar-refractivity contribution in [3.8, 4) is 0 Å². The van der Waals surface area contributed by atoms with Crippen LogP contribution in [0.25, 0.3) is 0 Å². The Bertz CT molecular complexity index is 1110. The first-order chi connectivity index (χ1) is 14.3. The number of hydrogen-bond acceptors (Lipinski definition) is 3. The largest absolute Gasteiger partial charge is 0.322 e. The molecule has 0 radical (unpaired) electrons. The fourth-order valence-corrected chi connectivity index (χ4v) is 4.79. The zero-order valence-electron chi connectivity index (χ0n) is 16.2. The van der Waals surface area contributed by atoms with E-state index in [2.05, 4.69) is 5.32 Å². The van der Waals surface area contributed by atoms with Crippen molar-refractivity contribution in [1.82, 2.24) is 0 Å². The molecule has 3 aromatic rings. The summed E-state index contributed by atoms with van der Waals surface area (Å²) >= 11 is 12.2. The smallest absolute Gasteiger partial charge is 0.264 e. The Morgan fingerprint density at radius 2 is 1.50 bits per heavy atom. The summed E-state index contributed by atoms with van der Waals surface area (Å²) in [7, 11) is -3.97. The van der Waals surface area contributed by atoms with Crippen LogP contribution in [0, 0.1) is 0 Å². The zero-order chi connectivity index (χ0) is 21.7. The quantitative estimate of drug-likeness (QED) is 0.511. The molecule has 0 fully saturated rings. The van der Waals surface area contributed by atoms with E-state index in [1.165, 1.54) is 12.1 Å². The average molecular weight is 463 g/mol. The van der Waals surface area contributed by atoms with Crippen LogP contribution in [0.5, 0.6) is 0 Å². The average Bonchev–Trinajstić information content (AvgIpc) is 2.75. The highest BCUT2D eigenvalue weighted by Gasteiger charge is 2.27. The van der Waals surface area contributed by atoms with Gasteiger partial charge in [-0.1, -0.05) is 66.5 Å². The topological polar surface area (TPSA) is 66.5 Å². The predicted molar refractivity (Wildman–Crippen MR) is 122 cm³/mol. The normalized spacial score (nSPS) is 11.2. The van der Waals surface area contributed by atoms with E-state index in [4.69, 9.17) is 23.2 Å². The molecule has 0 atom stereocenters. The minimum atomic E-state index is -3.97. The van der Waals surface area contributed by atoms with Gasteiger partial charge in [0.2, 0.25) is 5.91 Å². The number of aryl methyl sites for hydroxylation is 1. The molecular weight excluding hydrogens is 443 g/mol. The highest BCUT2D eigenvalue weighted by atomic mass is 35.5. The number of nitrogens with zero attached hydrogens (tertiary/aromatic N) is 1. The standard InChI is InChI=1S/C22H20Cl2N2O3S/c1-2-16-11-13-17(14-12-16)26(30(28,29)18-7-4-3-5-8-18)15-21(27)25-22-19(23)9-6-10-20(22)24/h3-14H,2,15H2,1H3,(H,25,27). The summed E-state index contributed by atoms with van der Waals surface area (Å²) in [6.45, 7) is 1.57. The zero-order valence-corrected chi connectivity index (χ0v) is 18.5. The molecule has 0 aliphatic rings. The molecule has 3 rings (SSSR count).